The number of carbonyl (C=O) groups excluding carboxylic acids is 2. The second kappa shape index (κ2) is 8.41. The molecule has 0 radical (unpaired) electrons. The molecule has 0 heterocycles. The van der Waals surface area contributed by atoms with Crippen LogP contribution in [0.2, 0.25) is 0 Å². The fraction of sp³-hybridized carbons (Fsp3) is 0.529. The molecule has 1 fully saturated rings. The molecule has 0 aliphatic heterocycles. The van der Waals surface area contributed by atoms with Gasteiger partial charge in [-0.3, -0.25) is 4.79 Å². The van der Waals surface area contributed by atoms with Crippen molar-refractivity contribution in [3.63, 3.8) is 0 Å². The molecule has 1 aromatic carbocycles. The van der Waals surface area contributed by atoms with Crippen LogP contribution in [0.25, 0.3) is 0 Å². The summed E-state index contributed by atoms with van der Waals surface area (Å²) < 4.78 is 4.64. The Hall–Kier alpha value is -2.04. The van der Waals surface area contributed by atoms with Crippen molar-refractivity contribution in [3.05, 3.63) is 35.9 Å². The highest BCUT2D eigenvalue weighted by molar-refractivity contribution is 5.78. The van der Waals surface area contributed by atoms with Crippen LogP contribution in [0.1, 0.15) is 43.6 Å². The van der Waals surface area contributed by atoms with Crippen LogP contribution in [0, 0.1) is 5.92 Å². The minimum atomic E-state index is -0.644. The van der Waals surface area contributed by atoms with Crippen molar-refractivity contribution < 1.29 is 14.3 Å². The number of nitrogens with one attached hydrogen (secondary N) is 1. The average Bonchev–Trinajstić information content (AvgIpc) is 2.54. The molecule has 3 N–H and O–H groups in total. The Morgan fingerprint density at radius 3 is 2.45 bits per heavy atom. The van der Waals surface area contributed by atoms with Crippen molar-refractivity contribution in [3.8, 4) is 0 Å². The summed E-state index contributed by atoms with van der Waals surface area (Å²) in [6.45, 7) is 0.215. The molecule has 0 bridgehead atoms. The van der Waals surface area contributed by atoms with Crippen LogP contribution >= 0.6 is 0 Å². The molecule has 1 saturated carbocycles. The monoisotopic (exact) mass is 304 g/mol. The average molecular weight is 304 g/mol. The van der Waals surface area contributed by atoms with Gasteiger partial charge in [0.25, 0.3) is 5.91 Å². The Morgan fingerprint density at radius 1 is 1.14 bits per heavy atom. The van der Waals surface area contributed by atoms with E-state index in [1.54, 1.807) is 0 Å². The summed E-state index contributed by atoms with van der Waals surface area (Å²) in [6, 6.07) is 10.7. The predicted molar refractivity (Wildman–Crippen MR) is 84.3 cm³/mol. The third-order valence-electron chi connectivity index (χ3n) is 4.29. The minimum absolute atomic E-state index is 0.367. The van der Waals surface area contributed by atoms with Gasteiger partial charge in [-0.1, -0.05) is 30.3 Å². The van der Waals surface area contributed by atoms with Crippen molar-refractivity contribution in [2.75, 3.05) is 13.2 Å². The lowest BCUT2D eigenvalue weighted by atomic mass is 9.77. The van der Waals surface area contributed by atoms with Gasteiger partial charge in [0, 0.05) is 6.54 Å². The SMILES string of the molecule is NC(=O)COC(=O)NCCC1CCC(c2ccccc2)CC1. The molecule has 5 heteroatoms. The molecule has 0 saturated heterocycles. The number of hydrogen-bond acceptors (Lipinski definition) is 3. The molecule has 0 atom stereocenters. The molecular formula is C17H24N2O3. The summed E-state index contributed by atoms with van der Waals surface area (Å²) in [6.07, 6.45) is 5.18. The molecule has 5 nitrogen and oxygen atoms in total. The molecule has 0 unspecified atom stereocenters. The first-order valence-corrected chi connectivity index (χ1v) is 7.89. The number of rotatable bonds is 6. The molecule has 2 rings (SSSR count). The maximum atomic E-state index is 11.3. The van der Waals surface area contributed by atoms with Crippen molar-refractivity contribution in [1.29, 1.82) is 0 Å². The summed E-state index contributed by atoms with van der Waals surface area (Å²) in [5.41, 5.74) is 6.34. The number of alkyl carbamates (subject to hydrolysis) is 1. The first-order chi connectivity index (χ1) is 10.6. The first kappa shape index (κ1) is 16.3. The van der Waals surface area contributed by atoms with Gasteiger partial charge in [-0.25, -0.2) is 4.79 Å². The number of nitrogens with two attached hydrogens (primary N) is 1. The van der Waals surface area contributed by atoms with E-state index in [4.69, 9.17) is 5.73 Å². The molecule has 1 aromatic rings. The highest BCUT2D eigenvalue weighted by atomic mass is 16.6. The van der Waals surface area contributed by atoms with Crippen LogP contribution in [0.4, 0.5) is 4.79 Å². The second-order valence-electron chi connectivity index (χ2n) is 5.89. The van der Waals surface area contributed by atoms with Crippen molar-refractivity contribution >= 4 is 12.0 Å². The lowest BCUT2D eigenvalue weighted by molar-refractivity contribution is -0.120. The van der Waals surface area contributed by atoms with Crippen molar-refractivity contribution in [1.82, 2.24) is 5.32 Å². The quantitative estimate of drug-likeness (QED) is 0.847. The van der Waals surface area contributed by atoms with Gasteiger partial charge in [0.15, 0.2) is 6.61 Å². The highest BCUT2D eigenvalue weighted by Crippen LogP contribution is 2.36. The molecule has 0 aromatic heterocycles. The zero-order chi connectivity index (χ0) is 15.8. The van der Waals surface area contributed by atoms with Crippen LogP contribution in [0.5, 0.6) is 0 Å². The van der Waals surface area contributed by atoms with Crippen molar-refractivity contribution in [2.24, 2.45) is 11.7 Å². The largest absolute Gasteiger partial charge is 0.439 e. The summed E-state index contributed by atoms with van der Waals surface area (Å²) in [5.74, 6) is 0.678. The van der Waals surface area contributed by atoms with E-state index in [0.717, 1.165) is 6.42 Å². The Kier molecular flexibility index (Phi) is 6.25. The topological polar surface area (TPSA) is 81.4 Å². The van der Waals surface area contributed by atoms with E-state index in [1.807, 2.05) is 0 Å². The Morgan fingerprint density at radius 2 is 1.82 bits per heavy atom. The zero-order valence-electron chi connectivity index (χ0n) is 12.8. The van der Waals surface area contributed by atoms with Crippen LogP contribution < -0.4 is 11.1 Å². The summed E-state index contributed by atoms with van der Waals surface area (Å²) >= 11 is 0. The standard InChI is InChI=1S/C17H24N2O3/c18-16(20)12-22-17(21)19-11-10-13-6-8-15(9-7-13)14-4-2-1-3-5-14/h1-5,13,15H,6-12H2,(H2,18,20)(H,19,21). The molecular weight excluding hydrogens is 280 g/mol. The zero-order valence-corrected chi connectivity index (χ0v) is 12.8. The van der Waals surface area contributed by atoms with E-state index in [2.05, 4.69) is 40.4 Å². The molecule has 1 aliphatic rings. The van der Waals surface area contributed by atoms with E-state index < -0.39 is 12.0 Å². The summed E-state index contributed by atoms with van der Waals surface area (Å²) in [7, 11) is 0. The number of ether oxygens (including phenoxy) is 1. The molecule has 120 valence electrons. The predicted octanol–water partition coefficient (Wildman–Crippen LogP) is 2.56. The normalized spacial score (nSPS) is 21.1. The van der Waals surface area contributed by atoms with Gasteiger partial charge >= 0.3 is 6.09 Å². The molecule has 0 spiro atoms. The highest BCUT2D eigenvalue weighted by Gasteiger charge is 2.22. The lowest BCUT2D eigenvalue weighted by Gasteiger charge is -2.28. The van der Waals surface area contributed by atoms with Gasteiger partial charge in [-0.05, 0) is 49.5 Å². The van der Waals surface area contributed by atoms with Crippen LogP contribution in [-0.4, -0.2) is 25.2 Å². The molecule has 1 aliphatic carbocycles. The van der Waals surface area contributed by atoms with Gasteiger partial charge in [0.1, 0.15) is 0 Å². The molecule has 22 heavy (non-hydrogen) atoms. The van der Waals surface area contributed by atoms with Gasteiger partial charge in [0.2, 0.25) is 0 Å². The Bertz CT molecular complexity index is 482. The van der Waals surface area contributed by atoms with Crippen LogP contribution in [0.3, 0.4) is 0 Å². The number of primary amides is 1. The smallest absolute Gasteiger partial charge is 0.407 e. The third kappa shape index (κ3) is 5.39. The van der Waals surface area contributed by atoms with E-state index in [0.29, 0.717) is 18.4 Å². The minimum Gasteiger partial charge on any atom is -0.439 e. The second-order valence-corrected chi connectivity index (χ2v) is 5.89. The Balaban J connectivity index is 1.62. The van der Waals surface area contributed by atoms with Gasteiger partial charge in [-0.15, -0.1) is 0 Å². The fourth-order valence-corrected chi connectivity index (χ4v) is 3.08. The Labute approximate surface area is 131 Å². The molecule has 2 amide bonds. The fourth-order valence-electron chi connectivity index (χ4n) is 3.08. The maximum absolute atomic E-state index is 11.3. The number of carbonyl (C=O) groups is 2. The number of benzene rings is 1. The van der Waals surface area contributed by atoms with Crippen LogP contribution in [0.15, 0.2) is 30.3 Å². The maximum Gasteiger partial charge on any atom is 0.407 e. The first-order valence-electron chi connectivity index (χ1n) is 7.89. The summed E-state index contributed by atoms with van der Waals surface area (Å²) in [5, 5.41) is 2.66. The summed E-state index contributed by atoms with van der Waals surface area (Å²) in [4.78, 5) is 21.8. The van der Waals surface area contributed by atoms with E-state index in [9.17, 15) is 9.59 Å². The van der Waals surface area contributed by atoms with E-state index in [-0.39, 0.29) is 6.61 Å². The number of amides is 2. The van der Waals surface area contributed by atoms with Gasteiger partial charge < -0.3 is 15.8 Å². The lowest BCUT2D eigenvalue weighted by Crippen LogP contribution is -2.30. The van der Waals surface area contributed by atoms with Gasteiger partial charge in [0.05, 0.1) is 0 Å². The van der Waals surface area contributed by atoms with Crippen LogP contribution in [-0.2, 0) is 9.53 Å². The van der Waals surface area contributed by atoms with Gasteiger partial charge in [-0.2, -0.15) is 0 Å². The van der Waals surface area contributed by atoms with E-state index >= 15 is 0 Å². The van der Waals surface area contributed by atoms with Crippen molar-refractivity contribution in [2.45, 2.75) is 38.0 Å². The van der Waals surface area contributed by atoms with E-state index in [1.165, 1.54) is 31.2 Å². The number of hydrogen-bond donors (Lipinski definition) is 2. The third-order valence-corrected chi connectivity index (χ3v) is 4.29.